The Labute approximate surface area is 167 Å². The SMILES string of the molecule is COc1ccccc1-c1ccc(OC2CN(C(=O)O)C2)nc1.Nc1cccnn1. The van der Waals surface area contributed by atoms with Gasteiger partial charge in [0.1, 0.15) is 17.7 Å². The monoisotopic (exact) mass is 395 g/mol. The van der Waals surface area contributed by atoms with Crippen LogP contribution in [-0.2, 0) is 0 Å². The van der Waals surface area contributed by atoms with E-state index < -0.39 is 6.09 Å². The average Bonchev–Trinajstić information content (AvgIpc) is 2.71. The Hall–Kier alpha value is -3.88. The van der Waals surface area contributed by atoms with Crippen LogP contribution in [0.4, 0.5) is 10.6 Å². The Morgan fingerprint density at radius 2 is 1.97 bits per heavy atom. The number of hydrogen-bond donors (Lipinski definition) is 2. The molecule has 9 nitrogen and oxygen atoms in total. The number of nitrogen functional groups attached to an aromatic ring is 1. The second kappa shape index (κ2) is 9.36. The molecule has 150 valence electrons. The largest absolute Gasteiger partial charge is 0.496 e. The quantitative estimate of drug-likeness (QED) is 0.691. The number of amides is 1. The number of carbonyl (C=O) groups is 1. The standard InChI is InChI=1S/C16H16N2O4.C4H5N3/c1-21-14-5-3-2-4-13(14)11-6-7-15(17-8-11)22-12-9-18(10-12)16(19)20;5-4-2-1-3-6-7-4/h2-8,12H,9-10H2,1H3,(H,19,20);1-3H,(H2,5,7). The summed E-state index contributed by atoms with van der Waals surface area (Å²) < 4.78 is 11.0. The molecule has 1 aliphatic rings. The molecule has 0 saturated carbocycles. The summed E-state index contributed by atoms with van der Waals surface area (Å²) in [6, 6.07) is 14.8. The molecule has 0 atom stereocenters. The normalized spacial score (nSPS) is 12.9. The zero-order chi connectivity index (χ0) is 20.6. The van der Waals surface area contributed by atoms with Gasteiger partial charge in [-0.05, 0) is 24.3 Å². The Kier molecular flexibility index (Phi) is 6.41. The predicted octanol–water partition coefficient (Wildman–Crippen LogP) is 2.56. The molecule has 2 aromatic heterocycles. The number of para-hydroxylation sites is 1. The molecule has 3 N–H and O–H groups in total. The van der Waals surface area contributed by atoms with Crippen molar-refractivity contribution in [1.29, 1.82) is 0 Å². The second-order valence-electron chi connectivity index (χ2n) is 6.16. The van der Waals surface area contributed by atoms with Crippen molar-refractivity contribution in [2.45, 2.75) is 6.10 Å². The van der Waals surface area contributed by atoms with Crippen molar-refractivity contribution in [2.24, 2.45) is 0 Å². The van der Waals surface area contributed by atoms with E-state index in [2.05, 4.69) is 15.2 Å². The number of anilines is 1. The summed E-state index contributed by atoms with van der Waals surface area (Å²) in [5.41, 5.74) is 7.08. The molecular formula is C20H21N5O4. The molecule has 0 radical (unpaired) electrons. The van der Waals surface area contributed by atoms with E-state index in [1.165, 1.54) is 4.90 Å². The van der Waals surface area contributed by atoms with Gasteiger partial charge in [0.05, 0.1) is 20.2 Å². The fourth-order valence-electron chi connectivity index (χ4n) is 2.65. The van der Waals surface area contributed by atoms with Crippen molar-refractivity contribution >= 4 is 11.9 Å². The van der Waals surface area contributed by atoms with Crippen LogP contribution in [-0.4, -0.2) is 57.6 Å². The molecule has 3 heterocycles. The Bertz CT molecular complexity index is 931. The predicted molar refractivity (Wildman–Crippen MR) is 107 cm³/mol. The number of ether oxygens (including phenoxy) is 2. The minimum atomic E-state index is -0.917. The van der Waals surface area contributed by atoms with Crippen LogP contribution in [0.25, 0.3) is 11.1 Å². The molecule has 9 heteroatoms. The smallest absolute Gasteiger partial charge is 0.407 e. The molecule has 0 aliphatic carbocycles. The van der Waals surface area contributed by atoms with Crippen LogP contribution in [0.5, 0.6) is 11.6 Å². The molecule has 1 aliphatic heterocycles. The molecule has 3 aromatic rings. The number of aromatic nitrogens is 3. The summed E-state index contributed by atoms with van der Waals surface area (Å²) in [4.78, 5) is 16.3. The molecule has 0 spiro atoms. The molecule has 0 bridgehead atoms. The Balaban J connectivity index is 0.000000290. The number of nitrogens with zero attached hydrogens (tertiary/aromatic N) is 4. The number of pyridine rings is 1. The van der Waals surface area contributed by atoms with Gasteiger partial charge in [0.2, 0.25) is 5.88 Å². The van der Waals surface area contributed by atoms with E-state index in [0.717, 1.165) is 16.9 Å². The third kappa shape index (κ3) is 5.32. The van der Waals surface area contributed by atoms with Gasteiger partial charge in [-0.25, -0.2) is 9.78 Å². The minimum Gasteiger partial charge on any atom is -0.496 e. The number of nitrogens with two attached hydrogens (primary N) is 1. The van der Waals surface area contributed by atoms with Gasteiger partial charge in [0, 0.05) is 29.6 Å². The van der Waals surface area contributed by atoms with Gasteiger partial charge in [0.15, 0.2) is 0 Å². The van der Waals surface area contributed by atoms with Crippen molar-refractivity contribution in [3.8, 4) is 22.8 Å². The highest BCUT2D eigenvalue weighted by Crippen LogP contribution is 2.29. The summed E-state index contributed by atoms with van der Waals surface area (Å²) in [5.74, 6) is 1.74. The molecule has 1 fully saturated rings. The molecule has 1 aromatic carbocycles. The van der Waals surface area contributed by atoms with Crippen molar-refractivity contribution in [3.63, 3.8) is 0 Å². The van der Waals surface area contributed by atoms with Crippen LogP contribution in [0, 0.1) is 0 Å². The van der Waals surface area contributed by atoms with E-state index in [0.29, 0.717) is 24.8 Å². The summed E-state index contributed by atoms with van der Waals surface area (Å²) in [6.07, 6.45) is 2.26. The van der Waals surface area contributed by atoms with Crippen LogP contribution in [0.1, 0.15) is 0 Å². The van der Waals surface area contributed by atoms with Gasteiger partial charge >= 0.3 is 6.09 Å². The van der Waals surface area contributed by atoms with Crippen LogP contribution in [0.2, 0.25) is 0 Å². The highest BCUT2D eigenvalue weighted by atomic mass is 16.5. The lowest BCUT2D eigenvalue weighted by Crippen LogP contribution is -2.55. The maximum absolute atomic E-state index is 10.7. The maximum Gasteiger partial charge on any atom is 0.407 e. The number of methoxy groups -OCH3 is 1. The summed E-state index contributed by atoms with van der Waals surface area (Å²) >= 11 is 0. The number of hydrogen-bond acceptors (Lipinski definition) is 7. The van der Waals surface area contributed by atoms with Crippen LogP contribution in [0.3, 0.4) is 0 Å². The minimum absolute atomic E-state index is 0.124. The van der Waals surface area contributed by atoms with E-state index in [4.69, 9.17) is 20.3 Å². The molecule has 1 amide bonds. The number of rotatable bonds is 4. The Morgan fingerprint density at radius 1 is 1.17 bits per heavy atom. The van der Waals surface area contributed by atoms with Gasteiger partial charge in [-0.15, -0.1) is 5.10 Å². The summed E-state index contributed by atoms with van der Waals surface area (Å²) in [6.45, 7) is 0.760. The van der Waals surface area contributed by atoms with Gasteiger partial charge < -0.3 is 25.2 Å². The van der Waals surface area contributed by atoms with Crippen molar-refractivity contribution in [3.05, 3.63) is 60.9 Å². The van der Waals surface area contributed by atoms with E-state index in [9.17, 15) is 4.79 Å². The zero-order valence-corrected chi connectivity index (χ0v) is 15.8. The second-order valence-corrected chi connectivity index (χ2v) is 6.16. The van der Waals surface area contributed by atoms with E-state index in [1.807, 2.05) is 30.3 Å². The first-order valence-electron chi connectivity index (χ1n) is 8.84. The first-order valence-corrected chi connectivity index (χ1v) is 8.84. The van der Waals surface area contributed by atoms with Gasteiger partial charge in [-0.1, -0.05) is 18.2 Å². The van der Waals surface area contributed by atoms with E-state index in [1.54, 1.807) is 37.7 Å². The lowest BCUT2D eigenvalue weighted by Gasteiger charge is -2.36. The molecule has 0 unspecified atom stereocenters. The van der Waals surface area contributed by atoms with E-state index in [-0.39, 0.29) is 6.10 Å². The van der Waals surface area contributed by atoms with Crippen molar-refractivity contribution in [2.75, 3.05) is 25.9 Å². The van der Waals surface area contributed by atoms with Gasteiger partial charge in [-0.2, -0.15) is 5.10 Å². The third-order valence-corrected chi connectivity index (χ3v) is 4.15. The topological polar surface area (TPSA) is 124 Å². The van der Waals surface area contributed by atoms with Gasteiger partial charge in [-0.3, -0.25) is 0 Å². The Morgan fingerprint density at radius 3 is 2.52 bits per heavy atom. The van der Waals surface area contributed by atoms with Crippen molar-refractivity contribution in [1.82, 2.24) is 20.1 Å². The van der Waals surface area contributed by atoms with Gasteiger partial charge in [0.25, 0.3) is 0 Å². The highest BCUT2D eigenvalue weighted by molar-refractivity contribution is 5.69. The van der Waals surface area contributed by atoms with Crippen molar-refractivity contribution < 1.29 is 19.4 Å². The van der Waals surface area contributed by atoms with Crippen LogP contribution in [0.15, 0.2) is 60.9 Å². The first-order chi connectivity index (χ1) is 14.1. The number of benzene rings is 1. The molecule has 1 saturated heterocycles. The molecule has 29 heavy (non-hydrogen) atoms. The first kappa shape index (κ1) is 19.9. The van der Waals surface area contributed by atoms with Crippen LogP contribution < -0.4 is 15.2 Å². The highest BCUT2D eigenvalue weighted by Gasteiger charge is 2.32. The maximum atomic E-state index is 10.7. The number of likely N-dealkylation sites (tertiary alicyclic amines) is 1. The lowest BCUT2D eigenvalue weighted by atomic mass is 10.1. The lowest BCUT2D eigenvalue weighted by molar-refractivity contribution is 0.0228. The average molecular weight is 395 g/mol. The number of carboxylic acid groups (broad SMARTS) is 1. The fourth-order valence-corrected chi connectivity index (χ4v) is 2.65. The summed E-state index contributed by atoms with van der Waals surface area (Å²) in [5, 5.41) is 15.8. The third-order valence-electron chi connectivity index (χ3n) is 4.15. The van der Waals surface area contributed by atoms with Crippen LogP contribution >= 0.6 is 0 Å². The summed E-state index contributed by atoms with van der Waals surface area (Å²) in [7, 11) is 1.63. The van der Waals surface area contributed by atoms with E-state index >= 15 is 0 Å². The zero-order valence-electron chi connectivity index (χ0n) is 15.8. The molecular weight excluding hydrogens is 374 g/mol. The fraction of sp³-hybridized carbons (Fsp3) is 0.200. The molecule has 4 rings (SSSR count).